The number of nitrogens with one attached hydrogen (secondary N) is 2. The van der Waals surface area contributed by atoms with Crippen molar-refractivity contribution in [3.8, 4) is 23.0 Å². The number of rotatable bonds is 8. The van der Waals surface area contributed by atoms with Gasteiger partial charge in [0.25, 0.3) is 0 Å². The van der Waals surface area contributed by atoms with Crippen LogP contribution in [0.15, 0.2) is 36.4 Å². The van der Waals surface area contributed by atoms with Crippen molar-refractivity contribution >= 4 is 36.4 Å². The van der Waals surface area contributed by atoms with E-state index in [0.717, 1.165) is 6.07 Å². The summed E-state index contributed by atoms with van der Waals surface area (Å²) in [7, 11) is 0. The number of carbonyl (C=O) groups is 6. The fourth-order valence-corrected chi connectivity index (χ4v) is 4.28. The van der Waals surface area contributed by atoms with E-state index >= 15 is 0 Å². The highest BCUT2D eigenvalue weighted by Gasteiger charge is 2.46. The Hall–Kier alpha value is -6.22. The molecule has 0 heterocycles. The summed E-state index contributed by atoms with van der Waals surface area (Å²) in [5.41, 5.74) is -1.37. The maximum absolute atomic E-state index is 12.8. The molecule has 0 saturated carbocycles. The molecular weight excluding hydrogens is 808 g/mol. The maximum Gasteiger partial charge on any atom is 0.519 e. The van der Waals surface area contributed by atoms with Gasteiger partial charge in [0.1, 0.15) is 27.9 Å². The summed E-state index contributed by atoms with van der Waals surface area (Å²) in [5.74, 6) is 1.26. The molecule has 344 valence electrons. The van der Waals surface area contributed by atoms with Gasteiger partial charge in [-0.05, 0) is 132 Å². The highest BCUT2D eigenvalue weighted by molar-refractivity contribution is 5.86. The third-order valence-electron chi connectivity index (χ3n) is 7.05. The Bertz CT molecular complexity index is 1830. The van der Waals surface area contributed by atoms with E-state index in [-0.39, 0.29) is 35.7 Å². The number of phenols is 4. The van der Waals surface area contributed by atoms with Gasteiger partial charge in [-0.3, -0.25) is 10.6 Å². The molecule has 0 bridgehead atoms. The van der Waals surface area contributed by atoms with Gasteiger partial charge in [0.05, 0.1) is 0 Å². The molecule has 21 heteroatoms. The first kappa shape index (κ1) is 54.8. The quantitative estimate of drug-likeness (QED) is 0.0368. The van der Waals surface area contributed by atoms with E-state index in [1.54, 1.807) is 83.1 Å². The summed E-state index contributed by atoms with van der Waals surface area (Å²) in [6.45, 7) is 22.3. The molecule has 2 amide bonds. The van der Waals surface area contributed by atoms with Crippen molar-refractivity contribution in [1.82, 2.24) is 15.9 Å². The number of ether oxygens (including phenoxy) is 5. The van der Waals surface area contributed by atoms with Crippen LogP contribution in [0.4, 0.5) is 19.2 Å². The van der Waals surface area contributed by atoms with E-state index in [1.807, 2.05) is 0 Å². The molecule has 2 atom stereocenters. The molecule has 2 aromatic carbocycles. The van der Waals surface area contributed by atoms with E-state index in [4.69, 9.17) is 35.0 Å². The van der Waals surface area contributed by atoms with Gasteiger partial charge in [-0.1, -0.05) is 12.1 Å². The Labute approximate surface area is 354 Å². The predicted octanol–water partition coefficient (Wildman–Crippen LogP) is 5.98. The lowest BCUT2D eigenvalue weighted by molar-refractivity contribution is -0.152. The molecule has 2 aromatic rings. The van der Waals surface area contributed by atoms with E-state index in [0.29, 0.717) is 10.6 Å². The zero-order chi connectivity index (χ0) is 48.1. The first-order valence-corrected chi connectivity index (χ1v) is 18.5. The lowest BCUT2D eigenvalue weighted by Gasteiger charge is -2.38. The largest absolute Gasteiger partial charge is 0.519 e. The zero-order valence-corrected chi connectivity index (χ0v) is 37.1. The minimum Gasteiger partial charge on any atom is -0.504 e. The molecule has 21 nitrogen and oxygen atoms in total. The molecular formula is C40H62N4O17. The van der Waals surface area contributed by atoms with Crippen LogP contribution in [0.1, 0.15) is 108 Å². The lowest BCUT2D eigenvalue weighted by atomic mass is 9.92. The number of benzene rings is 2. The number of aliphatic carboxylic acids is 2. The van der Waals surface area contributed by atoms with Crippen molar-refractivity contribution in [3.05, 3.63) is 47.5 Å². The Morgan fingerprint density at radius 3 is 1.25 bits per heavy atom. The Morgan fingerprint density at radius 1 is 0.557 bits per heavy atom. The van der Waals surface area contributed by atoms with Crippen LogP contribution in [0.5, 0.6) is 23.0 Å². The van der Waals surface area contributed by atoms with Crippen LogP contribution < -0.4 is 16.7 Å². The van der Waals surface area contributed by atoms with Crippen LogP contribution in [0.25, 0.3) is 0 Å². The number of nitrogens with two attached hydrogens (primary N) is 1. The lowest BCUT2D eigenvalue weighted by Crippen LogP contribution is -2.64. The Balaban J connectivity index is 0.000000977. The van der Waals surface area contributed by atoms with Crippen LogP contribution in [0.2, 0.25) is 0 Å². The predicted molar refractivity (Wildman–Crippen MR) is 217 cm³/mol. The molecule has 2 rings (SSSR count). The maximum atomic E-state index is 12.8. The minimum atomic E-state index is -2.03. The molecule has 61 heavy (non-hydrogen) atoms. The number of carboxylic acids is 2. The zero-order valence-electron chi connectivity index (χ0n) is 37.1. The second kappa shape index (κ2) is 21.3. The molecule has 0 spiro atoms. The number of hydrogen-bond donors (Lipinski definition) is 9. The summed E-state index contributed by atoms with van der Waals surface area (Å²) in [4.78, 5) is 70.3. The molecule has 0 radical (unpaired) electrons. The van der Waals surface area contributed by atoms with Gasteiger partial charge in [-0.25, -0.2) is 34.8 Å². The van der Waals surface area contributed by atoms with Gasteiger partial charge < -0.3 is 54.3 Å². The fraction of sp³-hybridized carbons (Fsp3) is 0.550. The number of carboxylic acid groups (broad SMARTS) is 2. The summed E-state index contributed by atoms with van der Waals surface area (Å²) < 4.78 is 24.2. The Kier molecular flexibility index (Phi) is 19.2. The average molecular weight is 871 g/mol. The first-order chi connectivity index (χ1) is 27.3. The van der Waals surface area contributed by atoms with Crippen LogP contribution in [0, 0.1) is 0 Å². The molecule has 0 unspecified atom stereocenters. The van der Waals surface area contributed by atoms with E-state index in [1.165, 1.54) is 44.2 Å². The van der Waals surface area contributed by atoms with E-state index < -0.39 is 75.7 Å². The normalized spacial score (nSPS) is 13.4. The number of carbonyl (C=O) groups excluding carboxylic acids is 4. The van der Waals surface area contributed by atoms with Crippen LogP contribution in [0.3, 0.4) is 0 Å². The third kappa shape index (κ3) is 21.0. The van der Waals surface area contributed by atoms with Crippen molar-refractivity contribution < 1.29 is 83.1 Å². The molecule has 0 aliphatic heterocycles. The average Bonchev–Trinajstić information content (AvgIpc) is 3.04. The number of hydrogen-bond acceptors (Lipinski definition) is 17. The summed E-state index contributed by atoms with van der Waals surface area (Å²) in [6.07, 6.45) is -4.51. The van der Waals surface area contributed by atoms with Gasteiger partial charge >= 0.3 is 36.4 Å². The highest BCUT2D eigenvalue weighted by atomic mass is 16.8. The van der Waals surface area contributed by atoms with Gasteiger partial charge in [-0.15, -0.1) is 0 Å². The van der Waals surface area contributed by atoms with Gasteiger partial charge in [0.15, 0.2) is 28.5 Å². The second-order valence-electron chi connectivity index (χ2n) is 17.8. The van der Waals surface area contributed by atoms with Crippen molar-refractivity contribution in [2.24, 2.45) is 5.84 Å². The number of aromatic hydroxyl groups is 4. The summed E-state index contributed by atoms with van der Waals surface area (Å²) >= 11 is 0. The van der Waals surface area contributed by atoms with Crippen molar-refractivity contribution in [2.75, 3.05) is 0 Å². The Morgan fingerprint density at radius 2 is 0.934 bits per heavy atom. The monoisotopic (exact) mass is 870 g/mol. The van der Waals surface area contributed by atoms with Gasteiger partial charge in [-0.2, -0.15) is 5.01 Å². The number of nitrogens with zero attached hydrogens (tertiary/aromatic N) is 1. The fourth-order valence-electron chi connectivity index (χ4n) is 4.28. The summed E-state index contributed by atoms with van der Waals surface area (Å²) in [6, 6.07) is 7.85. The molecule has 0 aliphatic carbocycles. The smallest absolute Gasteiger partial charge is 0.504 e. The molecule has 10 N–H and O–H groups in total. The van der Waals surface area contributed by atoms with Crippen LogP contribution >= 0.6 is 0 Å². The topological polar surface area (TPSA) is 323 Å². The standard InChI is InChI=1S/C20H30N2O8.C10H14N2O4.C10H18O5/c1-18(2,3)29-16(27)21-22(17(28)30-19(4,5)6)20(7,15(25)26)11-12-8-9-13(23)14(24)10-12;1-10(12-11,9(15)16)5-6-2-3-7(13)8(14)4-6;1-9(2,3)14-7(11)13-8(12)15-10(4,5)6/h8-10,23-24H,11H2,1-7H3,(H,21,27)(H,25,26);2-4,12-14H,5,11H2,1H3,(H,15,16);1-6H3/t20-;10-;/m00./s1. The summed E-state index contributed by atoms with van der Waals surface area (Å²) in [5, 5.41) is 57.0. The molecule has 0 fully saturated rings. The van der Waals surface area contributed by atoms with Crippen molar-refractivity contribution in [2.45, 2.75) is 143 Å². The van der Waals surface area contributed by atoms with Gasteiger partial charge in [0, 0.05) is 12.8 Å². The third-order valence-corrected chi connectivity index (χ3v) is 7.05. The van der Waals surface area contributed by atoms with Crippen molar-refractivity contribution in [3.63, 3.8) is 0 Å². The van der Waals surface area contributed by atoms with Crippen molar-refractivity contribution in [1.29, 1.82) is 0 Å². The van der Waals surface area contributed by atoms with Gasteiger partial charge in [0.2, 0.25) is 0 Å². The first-order valence-electron chi connectivity index (χ1n) is 18.5. The molecule has 0 saturated heterocycles. The van der Waals surface area contributed by atoms with E-state index in [9.17, 15) is 49.2 Å². The van der Waals surface area contributed by atoms with Crippen LogP contribution in [-0.2, 0) is 46.1 Å². The minimum absolute atomic E-state index is 0.0900. The molecule has 0 aromatic heterocycles. The number of hydrazine groups is 2. The van der Waals surface area contributed by atoms with E-state index in [2.05, 4.69) is 15.6 Å². The molecule has 0 aliphatic rings. The number of phenolic OH excluding ortho intramolecular Hbond substituents is 4. The van der Waals surface area contributed by atoms with Crippen LogP contribution in [-0.4, -0.2) is 106 Å². The highest BCUT2D eigenvalue weighted by Crippen LogP contribution is 2.30. The second-order valence-corrected chi connectivity index (χ2v) is 17.8. The number of amides is 2. The SMILES string of the molecule is CC(C)(C)OC(=O)NN(C(=O)OC(C)(C)C)[C@@](C)(Cc1ccc(O)c(O)c1)C(=O)O.CC(C)(C)OC(=O)OC(=O)OC(C)(C)C.C[C@@](Cc1ccc(O)c(O)c1)(NN)C(=O)O.